The SMILES string of the molecule is CC(Oc1ccc(F)cc1)C1CNC1. The van der Waals surface area contributed by atoms with E-state index in [9.17, 15) is 4.39 Å². The number of hydrogen-bond donors (Lipinski definition) is 1. The lowest BCUT2D eigenvalue weighted by atomic mass is 9.98. The summed E-state index contributed by atoms with van der Waals surface area (Å²) < 4.78 is 18.3. The van der Waals surface area contributed by atoms with Crippen LogP contribution in [0.4, 0.5) is 4.39 Å². The highest BCUT2D eigenvalue weighted by molar-refractivity contribution is 5.22. The van der Waals surface area contributed by atoms with Gasteiger partial charge in [0.05, 0.1) is 0 Å². The summed E-state index contributed by atoms with van der Waals surface area (Å²) in [7, 11) is 0. The monoisotopic (exact) mass is 195 g/mol. The normalized spacial score (nSPS) is 18.7. The Morgan fingerprint density at radius 3 is 2.50 bits per heavy atom. The van der Waals surface area contributed by atoms with Crippen LogP contribution in [0.1, 0.15) is 6.92 Å². The summed E-state index contributed by atoms with van der Waals surface area (Å²) in [6.07, 6.45) is 0.196. The van der Waals surface area contributed by atoms with Gasteiger partial charge in [0, 0.05) is 19.0 Å². The van der Waals surface area contributed by atoms with Crippen molar-refractivity contribution in [3.05, 3.63) is 30.1 Å². The number of hydrogen-bond acceptors (Lipinski definition) is 2. The molecule has 1 fully saturated rings. The van der Waals surface area contributed by atoms with Gasteiger partial charge in [-0.15, -0.1) is 0 Å². The maximum Gasteiger partial charge on any atom is 0.123 e. The lowest BCUT2D eigenvalue weighted by Gasteiger charge is -2.32. The number of benzene rings is 1. The van der Waals surface area contributed by atoms with Crippen LogP contribution in [0.15, 0.2) is 24.3 Å². The topological polar surface area (TPSA) is 21.3 Å². The van der Waals surface area contributed by atoms with Gasteiger partial charge in [0.1, 0.15) is 17.7 Å². The Kier molecular flexibility index (Phi) is 2.68. The molecule has 1 N–H and O–H groups in total. The van der Waals surface area contributed by atoms with Crippen LogP contribution >= 0.6 is 0 Å². The first-order valence-corrected chi connectivity index (χ1v) is 4.88. The van der Waals surface area contributed by atoms with Gasteiger partial charge in [0.15, 0.2) is 0 Å². The molecule has 2 nitrogen and oxygen atoms in total. The highest BCUT2D eigenvalue weighted by Gasteiger charge is 2.24. The van der Waals surface area contributed by atoms with Crippen LogP contribution in [0.5, 0.6) is 5.75 Å². The molecule has 2 rings (SSSR count). The molecule has 0 aliphatic carbocycles. The molecule has 1 aliphatic rings. The van der Waals surface area contributed by atoms with Crippen molar-refractivity contribution in [3.63, 3.8) is 0 Å². The lowest BCUT2D eigenvalue weighted by molar-refractivity contribution is 0.114. The predicted octanol–water partition coefficient (Wildman–Crippen LogP) is 1.81. The van der Waals surface area contributed by atoms with Crippen molar-refractivity contribution in [2.75, 3.05) is 13.1 Å². The first kappa shape index (κ1) is 9.46. The Labute approximate surface area is 83.1 Å². The van der Waals surface area contributed by atoms with Crippen molar-refractivity contribution in [2.24, 2.45) is 5.92 Å². The largest absolute Gasteiger partial charge is 0.490 e. The second-order valence-electron chi connectivity index (χ2n) is 3.70. The number of ether oxygens (including phenoxy) is 1. The molecule has 0 bridgehead atoms. The van der Waals surface area contributed by atoms with Crippen LogP contribution in [-0.2, 0) is 0 Å². The van der Waals surface area contributed by atoms with Gasteiger partial charge in [-0.25, -0.2) is 4.39 Å². The molecule has 1 aromatic rings. The Hall–Kier alpha value is -1.09. The third-order valence-corrected chi connectivity index (χ3v) is 2.61. The van der Waals surface area contributed by atoms with Crippen molar-refractivity contribution >= 4 is 0 Å². The number of nitrogens with one attached hydrogen (secondary N) is 1. The molecule has 1 aromatic carbocycles. The molecule has 0 amide bonds. The zero-order chi connectivity index (χ0) is 9.97. The zero-order valence-electron chi connectivity index (χ0n) is 8.16. The van der Waals surface area contributed by atoms with Crippen LogP contribution in [0.2, 0.25) is 0 Å². The van der Waals surface area contributed by atoms with Gasteiger partial charge in [0.25, 0.3) is 0 Å². The summed E-state index contributed by atoms with van der Waals surface area (Å²) in [5.41, 5.74) is 0. The van der Waals surface area contributed by atoms with E-state index in [-0.39, 0.29) is 11.9 Å². The van der Waals surface area contributed by atoms with Crippen LogP contribution in [0.3, 0.4) is 0 Å². The minimum Gasteiger partial charge on any atom is -0.490 e. The van der Waals surface area contributed by atoms with Crippen molar-refractivity contribution in [3.8, 4) is 5.75 Å². The molecule has 0 spiro atoms. The molecule has 1 unspecified atom stereocenters. The fourth-order valence-corrected chi connectivity index (χ4v) is 1.47. The van der Waals surface area contributed by atoms with Crippen LogP contribution in [0.25, 0.3) is 0 Å². The highest BCUT2D eigenvalue weighted by atomic mass is 19.1. The average molecular weight is 195 g/mol. The van der Waals surface area contributed by atoms with Gasteiger partial charge < -0.3 is 10.1 Å². The van der Waals surface area contributed by atoms with Crippen molar-refractivity contribution < 1.29 is 9.13 Å². The summed E-state index contributed by atoms with van der Waals surface area (Å²) in [6, 6.07) is 6.16. The van der Waals surface area contributed by atoms with E-state index in [4.69, 9.17) is 4.74 Å². The van der Waals surface area contributed by atoms with E-state index < -0.39 is 0 Å². The molecular formula is C11H14FNO. The van der Waals surface area contributed by atoms with E-state index in [1.54, 1.807) is 12.1 Å². The summed E-state index contributed by atoms with van der Waals surface area (Å²) in [5.74, 6) is 1.10. The molecule has 0 saturated carbocycles. The first-order valence-electron chi connectivity index (χ1n) is 4.88. The van der Waals surface area contributed by atoms with E-state index in [2.05, 4.69) is 12.2 Å². The Morgan fingerprint density at radius 2 is 2.00 bits per heavy atom. The van der Waals surface area contributed by atoms with Crippen LogP contribution in [-0.4, -0.2) is 19.2 Å². The van der Waals surface area contributed by atoms with E-state index in [0.717, 1.165) is 18.8 Å². The standard InChI is InChI=1S/C11H14FNO/c1-8(9-6-13-7-9)14-11-4-2-10(12)3-5-11/h2-5,8-9,13H,6-7H2,1H3. The summed E-state index contributed by atoms with van der Waals surface area (Å²) in [4.78, 5) is 0. The minimum atomic E-state index is -0.227. The predicted molar refractivity (Wildman–Crippen MR) is 52.8 cm³/mol. The quantitative estimate of drug-likeness (QED) is 0.794. The lowest BCUT2D eigenvalue weighted by Crippen LogP contribution is -2.49. The van der Waals surface area contributed by atoms with Crippen LogP contribution < -0.4 is 10.1 Å². The summed E-state index contributed by atoms with van der Waals surface area (Å²) in [5, 5.41) is 3.20. The molecule has 76 valence electrons. The maximum absolute atomic E-state index is 12.6. The summed E-state index contributed by atoms with van der Waals surface area (Å²) >= 11 is 0. The maximum atomic E-state index is 12.6. The van der Waals surface area contributed by atoms with Gasteiger partial charge >= 0.3 is 0 Å². The number of halogens is 1. The van der Waals surface area contributed by atoms with E-state index in [0.29, 0.717) is 5.92 Å². The van der Waals surface area contributed by atoms with Crippen molar-refractivity contribution in [1.82, 2.24) is 5.32 Å². The molecule has 3 heteroatoms. The van der Waals surface area contributed by atoms with Crippen molar-refractivity contribution in [1.29, 1.82) is 0 Å². The average Bonchev–Trinajstić information content (AvgIpc) is 2.06. The van der Waals surface area contributed by atoms with E-state index in [1.807, 2.05) is 0 Å². The van der Waals surface area contributed by atoms with Gasteiger partial charge in [-0.2, -0.15) is 0 Å². The molecular weight excluding hydrogens is 181 g/mol. The third-order valence-electron chi connectivity index (χ3n) is 2.61. The molecule has 1 heterocycles. The fourth-order valence-electron chi connectivity index (χ4n) is 1.47. The molecule has 1 aliphatic heterocycles. The second kappa shape index (κ2) is 3.96. The second-order valence-corrected chi connectivity index (χ2v) is 3.70. The third kappa shape index (κ3) is 2.04. The fraction of sp³-hybridized carbons (Fsp3) is 0.455. The van der Waals surface area contributed by atoms with E-state index in [1.165, 1.54) is 12.1 Å². The molecule has 14 heavy (non-hydrogen) atoms. The zero-order valence-corrected chi connectivity index (χ0v) is 8.16. The minimum absolute atomic E-state index is 0.196. The van der Waals surface area contributed by atoms with E-state index >= 15 is 0 Å². The molecule has 0 aromatic heterocycles. The van der Waals surface area contributed by atoms with Crippen LogP contribution in [0, 0.1) is 11.7 Å². The first-order chi connectivity index (χ1) is 6.75. The van der Waals surface area contributed by atoms with Gasteiger partial charge in [0.2, 0.25) is 0 Å². The smallest absolute Gasteiger partial charge is 0.123 e. The molecule has 1 saturated heterocycles. The van der Waals surface area contributed by atoms with Gasteiger partial charge in [-0.05, 0) is 31.2 Å². The highest BCUT2D eigenvalue weighted by Crippen LogP contribution is 2.18. The Balaban J connectivity index is 1.92. The number of rotatable bonds is 3. The van der Waals surface area contributed by atoms with Crippen molar-refractivity contribution in [2.45, 2.75) is 13.0 Å². The Bertz CT molecular complexity index is 295. The molecule has 1 atom stereocenters. The molecule has 0 radical (unpaired) electrons. The van der Waals surface area contributed by atoms with Gasteiger partial charge in [-0.3, -0.25) is 0 Å². The summed E-state index contributed by atoms with van der Waals surface area (Å²) in [6.45, 7) is 4.08. The Morgan fingerprint density at radius 1 is 1.36 bits per heavy atom. The van der Waals surface area contributed by atoms with Gasteiger partial charge in [-0.1, -0.05) is 0 Å².